The summed E-state index contributed by atoms with van der Waals surface area (Å²) >= 11 is 12.6. The van der Waals surface area contributed by atoms with Crippen LogP contribution in [-0.4, -0.2) is 60.2 Å². The van der Waals surface area contributed by atoms with E-state index in [1.807, 2.05) is 17.0 Å². The third kappa shape index (κ3) is 5.44. The first-order valence-electron chi connectivity index (χ1n) is 11.8. The third-order valence-corrected chi connectivity index (χ3v) is 7.40. The molecule has 0 radical (unpaired) electrons. The van der Waals surface area contributed by atoms with Crippen molar-refractivity contribution in [1.29, 1.82) is 0 Å². The Labute approximate surface area is 206 Å². The average Bonchev–Trinajstić information content (AvgIpc) is 3.36. The smallest absolute Gasteiger partial charge is 0.228 e. The fourth-order valence-corrected chi connectivity index (χ4v) is 4.93. The first kappa shape index (κ1) is 24.2. The van der Waals surface area contributed by atoms with E-state index in [4.69, 9.17) is 37.9 Å². The van der Waals surface area contributed by atoms with Crippen molar-refractivity contribution < 1.29 is 9.53 Å². The summed E-state index contributed by atoms with van der Waals surface area (Å²) in [7, 11) is 0. The Bertz CT molecular complexity index is 1000. The molecule has 178 valence electrons. The minimum Gasteiger partial charge on any atom is -0.381 e. The number of amides is 1. The molecule has 1 aromatic carbocycles. The fourth-order valence-electron chi connectivity index (χ4n) is 4.46. The van der Waals surface area contributed by atoms with Crippen LogP contribution in [0.5, 0.6) is 0 Å². The molecule has 0 saturated carbocycles. The summed E-state index contributed by atoms with van der Waals surface area (Å²) in [5, 5.41) is 1.27. The van der Waals surface area contributed by atoms with Gasteiger partial charge in [-0.1, -0.05) is 43.1 Å². The van der Waals surface area contributed by atoms with Crippen LogP contribution in [0.25, 0.3) is 0 Å². The van der Waals surface area contributed by atoms with Crippen LogP contribution in [0.4, 0.5) is 5.82 Å². The van der Waals surface area contributed by atoms with E-state index < -0.39 is 0 Å². The van der Waals surface area contributed by atoms with Gasteiger partial charge in [0.25, 0.3) is 0 Å². The fraction of sp³-hybridized carbons (Fsp3) is 0.560. The van der Waals surface area contributed by atoms with Gasteiger partial charge in [-0.15, -0.1) is 0 Å². The van der Waals surface area contributed by atoms with Crippen molar-refractivity contribution in [1.82, 2.24) is 14.9 Å². The van der Waals surface area contributed by atoms with Gasteiger partial charge in [-0.3, -0.25) is 4.79 Å². The monoisotopic (exact) mass is 490 g/mol. The molecule has 0 spiro atoms. The highest BCUT2D eigenvalue weighted by Gasteiger charge is 2.31. The molecule has 2 aromatic rings. The average molecular weight is 491 g/mol. The summed E-state index contributed by atoms with van der Waals surface area (Å²) in [6.45, 7) is 10.5. The summed E-state index contributed by atoms with van der Waals surface area (Å²) in [4.78, 5) is 27.0. The van der Waals surface area contributed by atoms with Crippen LogP contribution < -0.4 is 4.90 Å². The van der Waals surface area contributed by atoms with Crippen molar-refractivity contribution in [3.05, 3.63) is 50.9 Å². The second-order valence-electron chi connectivity index (χ2n) is 9.06. The van der Waals surface area contributed by atoms with Gasteiger partial charge in [-0.2, -0.15) is 0 Å². The van der Waals surface area contributed by atoms with Gasteiger partial charge in [0.1, 0.15) is 11.6 Å². The van der Waals surface area contributed by atoms with Crippen LogP contribution in [-0.2, 0) is 16.0 Å². The van der Waals surface area contributed by atoms with Crippen molar-refractivity contribution in [3.63, 3.8) is 0 Å². The van der Waals surface area contributed by atoms with Crippen LogP contribution >= 0.6 is 23.2 Å². The molecule has 2 aliphatic heterocycles. The van der Waals surface area contributed by atoms with E-state index in [2.05, 4.69) is 25.7 Å². The second kappa shape index (κ2) is 10.6. The summed E-state index contributed by atoms with van der Waals surface area (Å²) in [5.74, 6) is 2.34. The van der Waals surface area contributed by atoms with Gasteiger partial charge in [-0.05, 0) is 37.5 Å². The van der Waals surface area contributed by atoms with Crippen LogP contribution in [0.3, 0.4) is 0 Å². The molecule has 3 heterocycles. The Hall–Kier alpha value is -1.89. The summed E-state index contributed by atoms with van der Waals surface area (Å²) in [6, 6.07) is 5.61. The van der Waals surface area contributed by atoms with Crippen molar-refractivity contribution in [3.8, 4) is 0 Å². The molecule has 0 bridgehead atoms. The van der Waals surface area contributed by atoms with Gasteiger partial charge in [0, 0.05) is 66.4 Å². The predicted molar refractivity (Wildman–Crippen MR) is 132 cm³/mol. The van der Waals surface area contributed by atoms with E-state index in [0.717, 1.165) is 54.4 Å². The highest BCUT2D eigenvalue weighted by molar-refractivity contribution is 6.35. The number of aryl methyl sites for hydroxylation is 1. The molecule has 4 rings (SSSR count). The molecule has 1 aromatic heterocycles. The Morgan fingerprint density at radius 2 is 1.97 bits per heavy atom. The Kier molecular flexibility index (Phi) is 7.77. The van der Waals surface area contributed by atoms with Gasteiger partial charge in [0.05, 0.1) is 12.5 Å². The number of hydrogen-bond acceptors (Lipinski definition) is 5. The number of halogens is 2. The summed E-state index contributed by atoms with van der Waals surface area (Å²) in [6.07, 6.45) is 2.44. The topological polar surface area (TPSA) is 58.6 Å². The highest BCUT2D eigenvalue weighted by atomic mass is 35.5. The van der Waals surface area contributed by atoms with Crippen LogP contribution in [0.1, 0.15) is 55.3 Å². The lowest BCUT2D eigenvalue weighted by atomic mass is 10.0. The molecule has 8 heteroatoms. The molecule has 2 aliphatic rings. The number of nitrogens with zero attached hydrogens (tertiary/aromatic N) is 4. The Morgan fingerprint density at radius 3 is 2.61 bits per heavy atom. The lowest BCUT2D eigenvalue weighted by Crippen LogP contribution is -2.51. The zero-order valence-corrected chi connectivity index (χ0v) is 21.1. The van der Waals surface area contributed by atoms with E-state index in [-0.39, 0.29) is 17.7 Å². The molecule has 33 heavy (non-hydrogen) atoms. The quantitative estimate of drug-likeness (QED) is 0.577. The van der Waals surface area contributed by atoms with Crippen molar-refractivity contribution in [2.75, 3.05) is 44.3 Å². The lowest BCUT2D eigenvalue weighted by molar-refractivity contribution is -0.135. The maximum Gasteiger partial charge on any atom is 0.228 e. The second-order valence-corrected chi connectivity index (χ2v) is 9.91. The van der Waals surface area contributed by atoms with E-state index in [1.54, 1.807) is 6.07 Å². The SMILES string of the molecule is CC[C@@H](C)c1nc(C)c(Cc2ccc(Cl)cc2Cl)c(N2CCN(C(=O)[C@H]3CCOC3)CC2)n1. The number of anilines is 1. The number of benzene rings is 1. The van der Waals surface area contributed by atoms with Crippen molar-refractivity contribution in [2.45, 2.75) is 46.0 Å². The van der Waals surface area contributed by atoms with Gasteiger partial charge in [0.15, 0.2) is 0 Å². The normalized spacial score (nSPS) is 19.7. The van der Waals surface area contributed by atoms with E-state index in [0.29, 0.717) is 42.8 Å². The Morgan fingerprint density at radius 1 is 1.21 bits per heavy atom. The van der Waals surface area contributed by atoms with Crippen LogP contribution in [0.2, 0.25) is 10.0 Å². The Balaban J connectivity index is 1.60. The lowest BCUT2D eigenvalue weighted by Gasteiger charge is -2.37. The molecule has 1 amide bonds. The third-order valence-electron chi connectivity index (χ3n) is 6.81. The molecular formula is C25H32Cl2N4O2. The first-order valence-corrected chi connectivity index (χ1v) is 12.6. The number of aromatic nitrogens is 2. The number of ether oxygens (including phenoxy) is 1. The molecule has 2 atom stereocenters. The zero-order chi connectivity index (χ0) is 23.5. The molecule has 2 saturated heterocycles. The first-order chi connectivity index (χ1) is 15.9. The summed E-state index contributed by atoms with van der Waals surface area (Å²) in [5.41, 5.74) is 3.05. The van der Waals surface area contributed by atoms with Gasteiger partial charge in [0.2, 0.25) is 5.91 Å². The predicted octanol–water partition coefficient (Wildman–Crippen LogP) is 4.88. The van der Waals surface area contributed by atoms with Crippen LogP contribution in [0, 0.1) is 12.8 Å². The largest absolute Gasteiger partial charge is 0.381 e. The van der Waals surface area contributed by atoms with Crippen molar-refractivity contribution in [2.24, 2.45) is 5.92 Å². The zero-order valence-electron chi connectivity index (χ0n) is 19.6. The molecule has 0 aliphatic carbocycles. The van der Waals surface area contributed by atoms with Gasteiger partial charge >= 0.3 is 0 Å². The highest BCUT2D eigenvalue weighted by Crippen LogP contribution is 2.31. The molecular weight excluding hydrogens is 459 g/mol. The van der Waals surface area contributed by atoms with E-state index >= 15 is 0 Å². The number of rotatable bonds is 6. The van der Waals surface area contributed by atoms with Gasteiger partial charge in [-0.25, -0.2) is 9.97 Å². The number of piperazine rings is 1. The maximum absolute atomic E-state index is 12.8. The van der Waals surface area contributed by atoms with Gasteiger partial charge < -0.3 is 14.5 Å². The number of carbonyl (C=O) groups excluding carboxylic acids is 1. The molecule has 2 fully saturated rings. The number of hydrogen-bond donors (Lipinski definition) is 0. The molecule has 0 N–H and O–H groups in total. The summed E-state index contributed by atoms with van der Waals surface area (Å²) < 4.78 is 5.41. The minimum atomic E-state index is 0.0115. The molecule has 6 nitrogen and oxygen atoms in total. The standard InChI is InChI=1S/C25H32Cl2N4O2/c1-4-16(2)23-28-17(3)21(13-18-5-6-20(26)14-22(18)27)24(29-23)30-8-10-31(11-9-30)25(32)19-7-12-33-15-19/h5-6,14,16,19H,4,7-13,15H2,1-3H3/t16-,19+/m1/s1. The van der Waals surface area contributed by atoms with E-state index in [1.165, 1.54) is 0 Å². The van der Waals surface area contributed by atoms with Crippen molar-refractivity contribution >= 4 is 34.9 Å². The molecule has 0 unspecified atom stereocenters. The van der Waals surface area contributed by atoms with E-state index in [9.17, 15) is 4.79 Å². The number of carbonyl (C=O) groups is 1. The maximum atomic E-state index is 12.8. The van der Waals surface area contributed by atoms with Crippen LogP contribution in [0.15, 0.2) is 18.2 Å². The minimum absolute atomic E-state index is 0.0115.